The number of hydrogen-bond acceptors (Lipinski definition) is 3. The van der Waals surface area contributed by atoms with Crippen molar-refractivity contribution in [1.82, 2.24) is 8.94 Å². The van der Waals surface area contributed by atoms with Crippen molar-refractivity contribution in [3.05, 3.63) is 50.1 Å². The molecule has 1 fully saturated rings. The first-order chi connectivity index (χ1) is 10.6. The molecule has 0 saturated heterocycles. The maximum absolute atomic E-state index is 13.9. The first-order valence-electron chi connectivity index (χ1n) is 7.63. The second-order valence-corrected chi connectivity index (χ2v) is 6.98. The van der Waals surface area contributed by atoms with E-state index in [-0.39, 0.29) is 17.1 Å². The summed E-state index contributed by atoms with van der Waals surface area (Å²) >= 11 is 7.02. The van der Waals surface area contributed by atoms with Crippen molar-refractivity contribution in [1.29, 1.82) is 0 Å². The largest absolute Gasteiger partial charge is 0.326 e. The van der Waals surface area contributed by atoms with Gasteiger partial charge in [0.05, 0.1) is 0 Å². The predicted octanol–water partition coefficient (Wildman–Crippen LogP) is 4.27. The molecular formula is C16H18ClFN2OS. The zero-order chi connectivity index (χ0) is 15.5. The molecule has 2 aromatic rings. The lowest BCUT2D eigenvalue weighted by molar-refractivity contribution is 0.314. The van der Waals surface area contributed by atoms with E-state index in [4.69, 9.17) is 11.6 Å². The Morgan fingerprint density at radius 1 is 1.32 bits per heavy atom. The fourth-order valence-corrected chi connectivity index (χ4v) is 3.95. The first-order valence-corrected chi connectivity index (χ1v) is 8.78. The second kappa shape index (κ2) is 6.92. The van der Waals surface area contributed by atoms with E-state index in [1.165, 1.54) is 25.3 Å². The third kappa shape index (κ3) is 3.41. The fourth-order valence-electron chi connectivity index (χ4n) is 3.09. The van der Waals surface area contributed by atoms with Crippen LogP contribution < -0.4 is 4.87 Å². The molecule has 0 N–H and O–H groups in total. The normalized spacial score (nSPS) is 16.1. The monoisotopic (exact) mass is 340 g/mol. The van der Waals surface area contributed by atoms with Crippen molar-refractivity contribution < 1.29 is 4.39 Å². The summed E-state index contributed by atoms with van der Waals surface area (Å²) in [6, 6.07) is 4.63. The van der Waals surface area contributed by atoms with Crippen LogP contribution >= 0.6 is 23.1 Å². The van der Waals surface area contributed by atoms with Crippen molar-refractivity contribution in [2.45, 2.75) is 45.1 Å². The molecular weight excluding hydrogens is 323 g/mol. The highest BCUT2D eigenvalue weighted by Crippen LogP contribution is 2.26. The van der Waals surface area contributed by atoms with Gasteiger partial charge in [0.1, 0.15) is 11.6 Å². The lowest BCUT2D eigenvalue weighted by Gasteiger charge is -2.22. The molecule has 1 aromatic carbocycles. The van der Waals surface area contributed by atoms with Gasteiger partial charge in [0.25, 0.3) is 0 Å². The Hall–Kier alpha value is -1.20. The summed E-state index contributed by atoms with van der Waals surface area (Å²) in [5.41, 5.74) is 0.409. The summed E-state index contributed by atoms with van der Waals surface area (Å²) in [5.74, 6) is 0.794. The number of hydrogen-bond donors (Lipinski definition) is 0. The van der Waals surface area contributed by atoms with E-state index in [9.17, 15) is 9.18 Å². The molecule has 0 spiro atoms. The van der Waals surface area contributed by atoms with Gasteiger partial charge in [-0.3, -0.25) is 9.36 Å². The van der Waals surface area contributed by atoms with Gasteiger partial charge < -0.3 is 0 Å². The van der Waals surface area contributed by atoms with Gasteiger partial charge in [0.2, 0.25) is 0 Å². The molecule has 1 heterocycles. The molecule has 1 aliphatic rings. The summed E-state index contributed by atoms with van der Waals surface area (Å²) in [7, 11) is 0. The van der Waals surface area contributed by atoms with Crippen molar-refractivity contribution in [3.8, 4) is 0 Å². The molecule has 0 unspecified atom stereocenters. The van der Waals surface area contributed by atoms with Gasteiger partial charge in [-0.2, -0.15) is 4.37 Å². The summed E-state index contributed by atoms with van der Waals surface area (Å²) in [5, 5.41) is 0.379. The van der Waals surface area contributed by atoms with Crippen molar-refractivity contribution in [3.63, 3.8) is 0 Å². The van der Waals surface area contributed by atoms with Crippen LogP contribution in [0.2, 0.25) is 5.02 Å². The molecule has 1 saturated carbocycles. The van der Waals surface area contributed by atoms with E-state index in [0.29, 0.717) is 28.9 Å². The minimum atomic E-state index is -0.350. The van der Waals surface area contributed by atoms with Gasteiger partial charge in [0, 0.05) is 35.1 Å². The van der Waals surface area contributed by atoms with Crippen LogP contribution in [0.3, 0.4) is 0 Å². The highest BCUT2D eigenvalue weighted by atomic mass is 35.5. The highest BCUT2D eigenvalue weighted by molar-refractivity contribution is 7.02. The van der Waals surface area contributed by atoms with Crippen molar-refractivity contribution in [2.75, 3.05) is 0 Å². The standard InChI is InChI=1S/C16H18ClFN2OS/c17-13-7-4-8-14(18)12(13)9-15-19-22-16(21)20(15)10-11-5-2-1-3-6-11/h4,7-8,11H,1-3,5-6,9-10H2. The zero-order valence-electron chi connectivity index (χ0n) is 12.2. The number of aromatic nitrogens is 2. The van der Waals surface area contributed by atoms with Gasteiger partial charge in [-0.15, -0.1) is 0 Å². The summed E-state index contributed by atoms with van der Waals surface area (Å²) in [6.45, 7) is 0.691. The van der Waals surface area contributed by atoms with Crippen LogP contribution in [0.5, 0.6) is 0 Å². The second-order valence-electron chi connectivity index (χ2n) is 5.86. The molecule has 6 heteroatoms. The summed E-state index contributed by atoms with van der Waals surface area (Å²) in [4.78, 5) is 12.0. The van der Waals surface area contributed by atoms with E-state index < -0.39 is 0 Å². The molecule has 3 nitrogen and oxygen atoms in total. The Balaban J connectivity index is 1.84. The van der Waals surface area contributed by atoms with Crippen LogP contribution in [0.1, 0.15) is 43.5 Å². The minimum Gasteiger partial charge on any atom is -0.285 e. The van der Waals surface area contributed by atoms with Gasteiger partial charge in [-0.1, -0.05) is 36.9 Å². The Kier molecular flexibility index (Phi) is 4.93. The van der Waals surface area contributed by atoms with Crippen LogP contribution in [0, 0.1) is 11.7 Å². The van der Waals surface area contributed by atoms with E-state index >= 15 is 0 Å². The van der Waals surface area contributed by atoms with Crippen molar-refractivity contribution >= 4 is 23.1 Å². The van der Waals surface area contributed by atoms with Gasteiger partial charge in [-0.25, -0.2) is 4.39 Å². The van der Waals surface area contributed by atoms with Crippen LogP contribution in [0.25, 0.3) is 0 Å². The third-order valence-electron chi connectivity index (χ3n) is 4.32. The summed E-state index contributed by atoms with van der Waals surface area (Å²) < 4.78 is 19.9. The van der Waals surface area contributed by atoms with Crippen molar-refractivity contribution in [2.24, 2.45) is 5.92 Å². The molecule has 0 radical (unpaired) electrons. The topological polar surface area (TPSA) is 34.9 Å². The molecule has 1 aliphatic carbocycles. The molecule has 0 aliphatic heterocycles. The lowest BCUT2D eigenvalue weighted by atomic mass is 9.89. The zero-order valence-corrected chi connectivity index (χ0v) is 13.8. The Labute approximate surface area is 137 Å². The average Bonchev–Trinajstić information content (AvgIpc) is 2.85. The number of rotatable bonds is 4. The van der Waals surface area contributed by atoms with E-state index in [0.717, 1.165) is 24.4 Å². The molecule has 3 rings (SSSR count). The van der Waals surface area contributed by atoms with Crippen LogP contribution in [-0.2, 0) is 13.0 Å². The highest BCUT2D eigenvalue weighted by Gasteiger charge is 2.19. The Morgan fingerprint density at radius 2 is 2.09 bits per heavy atom. The first kappa shape index (κ1) is 15.7. The SMILES string of the molecule is O=c1snc(Cc2c(F)cccc2Cl)n1CC1CCCCC1. The van der Waals surface area contributed by atoms with Gasteiger partial charge >= 0.3 is 4.87 Å². The smallest absolute Gasteiger partial charge is 0.285 e. The average molecular weight is 341 g/mol. The molecule has 0 amide bonds. The quantitative estimate of drug-likeness (QED) is 0.833. The van der Waals surface area contributed by atoms with E-state index in [1.807, 2.05) is 0 Å². The fraction of sp³-hybridized carbons (Fsp3) is 0.500. The molecule has 0 atom stereocenters. The number of nitrogens with zero attached hydrogens (tertiary/aromatic N) is 2. The van der Waals surface area contributed by atoms with Gasteiger partial charge in [0.15, 0.2) is 0 Å². The molecule has 1 aromatic heterocycles. The summed E-state index contributed by atoms with van der Waals surface area (Å²) in [6.07, 6.45) is 6.31. The Morgan fingerprint density at radius 3 is 2.82 bits per heavy atom. The number of benzene rings is 1. The number of halogens is 2. The Bertz CT molecular complexity index is 686. The maximum atomic E-state index is 13.9. The third-order valence-corrected chi connectivity index (χ3v) is 5.36. The predicted molar refractivity (Wildman–Crippen MR) is 87.2 cm³/mol. The lowest BCUT2D eigenvalue weighted by Crippen LogP contribution is -2.23. The molecule has 118 valence electrons. The van der Waals surface area contributed by atoms with E-state index in [2.05, 4.69) is 4.37 Å². The van der Waals surface area contributed by atoms with E-state index in [1.54, 1.807) is 16.7 Å². The molecule has 0 bridgehead atoms. The van der Waals surface area contributed by atoms with Crippen LogP contribution in [0.4, 0.5) is 4.39 Å². The minimum absolute atomic E-state index is 0.0620. The van der Waals surface area contributed by atoms with Gasteiger partial charge in [-0.05, 0) is 30.9 Å². The van der Waals surface area contributed by atoms with Crippen LogP contribution in [-0.4, -0.2) is 8.94 Å². The maximum Gasteiger partial charge on any atom is 0.326 e. The van der Waals surface area contributed by atoms with Crippen LogP contribution in [0.15, 0.2) is 23.0 Å². The molecule has 22 heavy (non-hydrogen) atoms.